The largest absolute Gasteiger partial charge is 0.339 e. The van der Waals surface area contributed by atoms with E-state index in [1.807, 2.05) is 6.07 Å². The van der Waals surface area contributed by atoms with Crippen LogP contribution in [0.25, 0.3) is 0 Å². The molecule has 1 fully saturated rings. The van der Waals surface area contributed by atoms with Crippen molar-refractivity contribution >= 4 is 5.91 Å². The van der Waals surface area contributed by atoms with E-state index in [1.165, 1.54) is 0 Å². The van der Waals surface area contributed by atoms with Crippen LogP contribution in [0.2, 0.25) is 0 Å². The van der Waals surface area contributed by atoms with E-state index < -0.39 is 0 Å². The van der Waals surface area contributed by atoms with Gasteiger partial charge in [0.05, 0.1) is 6.07 Å². The number of likely N-dealkylation sites (tertiary alicyclic amines) is 1. The molecule has 0 aliphatic carbocycles. The van der Waals surface area contributed by atoms with Crippen molar-refractivity contribution in [3.8, 4) is 6.07 Å². The van der Waals surface area contributed by atoms with Gasteiger partial charge in [-0.25, -0.2) is 0 Å². The van der Waals surface area contributed by atoms with Crippen LogP contribution in [-0.2, 0) is 4.79 Å². The topological polar surface area (TPSA) is 44.1 Å². The van der Waals surface area contributed by atoms with Gasteiger partial charge in [0.2, 0.25) is 5.91 Å². The molecule has 1 rings (SSSR count). The van der Waals surface area contributed by atoms with Crippen molar-refractivity contribution in [3.05, 3.63) is 6.92 Å². The summed E-state index contributed by atoms with van der Waals surface area (Å²) in [6, 6.07) is 1.95. The predicted octanol–water partition coefficient (Wildman–Crippen LogP) is 1.12. The third-order valence-electron chi connectivity index (χ3n) is 2.18. The molecule has 1 saturated heterocycles. The Hall–Kier alpha value is -1.04. The van der Waals surface area contributed by atoms with E-state index in [0.717, 1.165) is 25.8 Å². The van der Waals surface area contributed by atoms with E-state index in [1.54, 1.807) is 4.90 Å². The minimum atomic E-state index is -0.0720. The number of rotatable bonds is 1. The Kier molecular flexibility index (Phi) is 3.09. The highest BCUT2D eigenvalue weighted by Crippen LogP contribution is 2.16. The molecule has 0 unspecified atom stereocenters. The highest BCUT2D eigenvalue weighted by atomic mass is 16.2. The molecule has 1 aliphatic rings. The van der Waals surface area contributed by atoms with Crippen LogP contribution < -0.4 is 0 Å². The van der Waals surface area contributed by atoms with Gasteiger partial charge in [0.25, 0.3) is 0 Å². The average molecular weight is 165 g/mol. The zero-order valence-corrected chi connectivity index (χ0v) is 7.12. The van der Waals surface area contributed by atoms with E-state index in [-0.39, 0.29) is 18.4 Å². The predicted molar refractivity (Wildman–Crippen MR) is 44.9 cm³/mol. The first kappa shape index (κ1) is 9.05. The molecule has 0 N–H and O–H groups in total. The SMILES string of the molecule is [CH2][C@@H]1CCCCN1C(=O)CC#N. The standard InChI is InChI=1S/C9H13N2O/c1-8-4-2-3-7-11(8)9(12)5-6-10/h8H,1-5,7H2/t8-/m1/s1. The quantitative estimate of drug-likeness (QED) is 0.584. The second-order valence-corrected chi connectivity index (χ2v) is 3.07. The van der Waals surface area contributed by atoms with Gasteiger partial charge in [0, 0.05) is 12.6 Å². The third-order valence-corrected chi connectivity index (χ3v) is 2.18. The lowest BCUT2D eigenvalue weighted by atomic mass is 10.0. The second kappa shape index (κ2) is 4.10. The van der Waals surface area contributed by atoms with Crippen molar-refractivity contribution in [3.63, 3.8) is 0 Å². The van der Waals surface area contributed by atoms with Gasteiger partial charge >= 0.3 is 0 Å². The highest BCUT2D eigenvalue weighted by Gasteiger charge is 2.22. The van der Waals surface area contributed by atoms with E-state index in [0.29, 0.717) is 0 Å². The van der Waals surface area contributed by atoms with Gasteiger partial charge < -0.3 is 4.90 Å². The maximum absolute atomic E-state index is 11.3. The first-order chi connectivity index (χ1) is 5.75. The van der Waals surface area contributed by atoms with Gasteiger partial charge in [-0.1, -0.05) is 0 Å². The number of amides is 1. The molecule has 1 atom stereocenters. The molecule has 1 radical (unpaired) electrons. The Balaban J connectivity index is 2.49. The maximum Gasteiger partial charge on any atom is 0.237 e. The Morgan fingerprint density at radius 1 is 1.67 bits per heavy atom. The Morgan fingerprint density at radius 3 is 3.00 bits per heavy atom. The van der Waals surface area contributed by atoms with Crippen LogP contribution in [0, 0.1) is 18.3 Å². The Labute approximate surface area is 73.0 Å². The third kappa shape index (κ3) is 1.97. The Bertz CT molecular complexity index is 207. The summed E-state index contributed by atoms with van der Waals surface area (Å²) in [5.41, 5.74) is 0. The first-order valence-electron chi connectivity index (χ1n) is 4.25. The molecule has 1 aliphatic heterocycles. The van der Waals surface area contributed by atoms with Gasteiger partial charge in [-0.2, -0.15) is 5.26 Å². The lowest BCUT2D eigenvalue weighted by molar-refractivity contribution is -0.132. The zero-order chi connectivity index (χ0) is 8.97. The number of piperidine rings is 1. The van der Waals surface area contributed by atoms with Crippen molar-refractivity contribution < 1.29 is 4.79 Å². The van der Waals surface area contributed by atoms with Gasteiger partial charge in [-0.05, 0) is 26.2 Å². The molecule has 3 nitrogen and oxygen atoms in total. The Morgan fingerprint density at radius 2 is 2.42 bits per heavy atom. The molecule has 0 aromatic rings. The molecule has 0 spiro atoms. The van der Waals surface area contributed by atoms with Crippen LogP contribution in [0.15, 0.2) is 0 Å². The number of carbonyl (C=O) groups is 1. The highest BCUT2D eigenvalue weighted by molar-refractivity contribution is 5.78. The van der Waals surface area contributed by atoms with Crippen molar-refractivity contribution in [2.24, 2.45) is 0 Å². The minimum Gasteiger partial charge on any atom is -0.339 e. The number of hydrogen-bond acceptors (Lipinski definition) is 2. The molecule has 3 heteroatoms. The lowest BCUT2D eigenvalue weighted by Gasteiger charge is -2.32. The van der Waals surface area contributed by atoms with Crippen LogP contribution >= 0.6 is 0 Å². The summed E-state index contributed by atoms with van der Waals surface area (Å²) >= 11 is 0. The van der Waals surface area contributed by atoms with Crippen molar-refractivity contribution in [1.82, 2.24) is 4.90 Å². The molecular formula is C9H13N2O. The van der Waals surface area contributed by atoms with Crippen LogP contribution in [0.5, 0.6) is 0 Å². The first-order valence-corrected chi connectivity index (χ1v) is 4.25. The van der Waals surface area contributed by atoms with E-state index in [9.17, 15) is 4.79 Å². The van der Waals surface area contributed by atoms with Crippen LogP contribution in [0.4, 0.5) is 0 Å². The fourth-order valence-electron chi connectivity index (χ4n) is 1.50. The normalized spacial score (nSPS) is 23.3. The minimum absolute atomic E-state index is 0.00792. The van der Waals surface area contributed by atoms with Crippen molar-refractivity contribution in [2.75, 3.05) is 6.54 Å². The summed E-state index contributed by atoms with van der Waals surface area (Å²) in [7, 11) is 0. The molecule has 1 amide bonds. The molecule has 0 aromatic heterocycles. The smallest absolute Gasteiger partial charge is 0.237 e. The number of nitriles is 1. The van der Waals surface area contributed by atoms with Gasteiger partial charge in [-0.3, -0.25) is 4.79 Å². The summed E-state index contributed by atoms with van der Waals surface area (Å²) in [6.45, 7) is 4.65. The van der Waals surface area contributed by atoms with Crippen LogP contribution in [0.1, 0.15) is 25.7 Å². The fourth-order valence-corrected chi connectivity index (χ4v) is 1.50. The fraction of sp³-hybridized carbons (Fsp3) is 0.667. The molecule has 12 heavy (non-hydrogen) atoms. The van der Waals surface area contributed by atoms with E-state index in [2.05, 4.69) is 6.92 Å². The molecular weight excluding hydrogens is 152 g/mol. The van der Waals surface area contributed by atoms with Gasteiger partial charge in [0.15, 0.2) is 0 Å². The van der Waals surface area contributed by atoms with Crippen LogP contribution in [-0.4, -0.2) is 23.4 Å². The van der Waals surface area contributed by atoms with Gasteiger partial charge in [-0.15, -0.1) is 0 Å². The number of carbonyl (C=O) groups excluding carboxylic acids is 1. The summed E-state index contributed by atoms with van der Waals surface area (Å²) in [5, 5.41) is 8.34. The number of nitrogens with zero attached hydrogens (tertiary/aromatic N) is 2. The number of hydrogen-bond donors (Lipinski definition) is 0. The maximum atomic E-state index is 11.3. The van der Waals surface area contributed by atoms with Crippen LogP contribution in [0.3, 0.4) is 0 Å². The summed E-state index contributed by atoms with van der Waals surface area (Å²) in [5.74, 6) is -0.0720. The zero-order valence-electron chi connectivity index (χ0n) is 7.12. The van der Waals surface area contributed by atoms with Gasteiger partial charge in [0.1, 0.15) is 6.42 Å². The molecule has 65 valence electrons. The van der Waals surface area contributed by atoms with Crippen molar-refractivity contribution in [1.29, 1.82) is 5.26 Å². The van der Waals surface area contributed by atoms with E-state index >= 15 is 0 Å². The summed E-state index contributed by atoms with van der Waals surface area (Å²) < 4.78 is 0. The monoisotopic (exact) mass is 165 g/mol. The summed E-state index contributed by atoms with van der Waals surface area (Å²) in [6.07, 6.45) is 3.15. The molecule has 1 heterocycles. The summed E-state index contributed by atoms with van der Waals surface area (Å²) in [4.78, 5) is 13.0. The lowest BCUT2D eigenvalue weighted by Crippen LogP contribution is -2.41. The molecule has 0 bridgehead atoms. The molecule has 0 saturated carbocycles. The molecule has 0 aromatic carbocycles. The van der Waals surface area contributed by atoms with Crippen molar-refractivity contribution in [2.45, 2.75) is 31.7 Å². The van der Waals surface area contributed by atoms with E-state index in [4.69, 9.17) is 5.26 Å². The average Bonchev–Trinajstić information content (AvgIpc) is 2.05. The second-order valence-electron chi connectivity index (χ2n) is 3.07.